The van der Waals surface area contributed by atoms with Crippen molar-refractivity contribution in [1.29, 1.82) is 21.0 Å². The lowest BCUT2D eigenvalue weighted by Crippen LogP contribution is -2.32. The number of H-pyrrole nitrogens is 2. The SMILES string of the molecule is CC(C)(C)c1cc(-c2c3nc(c(-c4cc(C(C)(C)C)cc(C(C)(C)C)c4)c4ccc([nH]4)c(-c4cc(C(C)(C)C)cc(C(C)(C)C)c4)c4nc(c(-c5ccc(C6CCN(c7ccc(C(C(=C(C#N)C#N)c8ccccc8)=c8ccc(=C(C#N)C#N)cc8)cc7)CC6)cc5)c5ccc2[nH]5)C=C4)C=C3)cc(C(C)(C)C)c1. The van der Waals surface area contributed by atoms with Crippen LogP contribution in [0.15, 0.2) is 188 Å². The average Bonchev–Trinajstić information content (AvgIpc) is 1.55. The second-order valence-corrected chi connectivity index (χ2v) is 35.7. The molecule has 0 unspecified atom stereocenters. The zero-order chi connectivity index (χ0) is 77.2. The molecule has 108 heavy (non-hydrogen) atoms. The molecule has 1 fully saturated rings. The predicted octanol–water partition coefficient (Wildman–Crippen LogP) is 23.4. The molecular weight excluding hydrogens is 1320 g/mol. The van der Waals surface area contributed by atoms with Crippen LogP contribution in [-0.4, -0.2) is 33.0 Å². The van der Waals surface area contributed by atoms with Crippen LogP contribution in [-0.2, 0) is 32.5 Å². The van der Waals surface area contributed by atoms with E-state index in [2.05, 4.69) is 303 Å². The molecule has 3 aliphatic heterocycles. The average molecular weight is 1410 g/mol. The fraction of sp³-hybridized carbons (Fsp3) is 0.293. The first-order valence-corrected chi connectivity index (χ1v) is 38.0. The number of nitriles is 4. The van der Waals surface area contributed by atoms with E-state index >= 15 is 0 Å². The fourth-order valence-electron chi connectivity index (χ4n) is 15.1. The maximum absolute atomic E-state index is 10.4. The van der Waals surface area contributed by atoms with E-state index in [1.807, 2.05) is 54.6 Å². The first kappa shape index (κ1) is 74.6. The van der Waals surface area contributed by atoms with Crippen LogP contribution >= 0.6 is 0 Å². The summed E-state index contributed by atoms with van der Waals surface area (Å²) in [6.45, 7) is 43.3. The van der Waals surface area contributed by atoms with Crippen LogP contribution in [0.1, 0.15) is 216 Å². The summed E-state index contributed by atoms with van der Waals surface area (Å²) in [5.74, 6) is 0.320. The molecule has 13 rings (SSSR count). The van der Waals surface area contributed by atoms with Gasteiger partial charge in [-0.2, -0.15) is 21.0 Å². The van der Waals surface area contributed by atoms with Gasteiger partial charge < -0.3 is 14.9 Å². The number of hydrogen-bond donors (Lipinski definition) is 2. The number of rotatable bonds is 9. The Kier molecular flexibility index (Phi) is 19.8. The summed E-state index contributed by atoms with van der Waals surface area (Å²) in [6, 6.07) is 73.3. The van der Waals surface area contributed by atoms with Crippen LogP contribution in [0.2, 0.25) is 0 Å². The van der Waals surface area contributed by atoms with Gasteiger partial charge in [0.1, 0.15) is 35.4 Å². The normalized spacial score (nSPS) is 13.5. The van der Waals surface area contributed by atoms with Crippen LogP contribution in [0.5, 0.6) is 0 Å². The minimum atomic E-state index is -0.144. The van der Waals surface area contributed by atoms with E-state index in [1.165, 1.54) is 38.9 Å². The molecule has 3 aromatic heterocycles. The zero-order valence-electron chi connectivity index (χ0n) is 66.2. The van der Waals surface area contributed by atoms with Gasteiger partial charge in [0.2, 0.25) is 0 Å². The summed E-state index contributed by atoms with van der Waals surface area (Å²) in [5.41, 5.74) is 27.6. The topological polar surface area (TPSA) is 156 Å². The number of nitrogens with zero attached hydrogens (tertiary/aromatic N) is 7. The molecule has 0 amide bonds. The molecule has 0 radical (unpaired) electrons. The molecule has 2 N–H and O–H groups in total. The molecule has 540 valence electrons. The molecule has 0 saturated carbocycles. The number of nitrogens with one attached hydrogen (secondary N) is 2. The lowest BCUT2D eigenvalue weighted by molar-refractivity contribution is 0.505. The van der Waals surface area contributed by atoms with Crippen molar-refractivity contribution < 1.29 is 0 Å². The van der Waals surface area contributed by atoms with Gasteiger partial charge in [-0.1, -0.05) is 270 Å². The molecule has 3 aliphatic rings. The Bertz CT molecular complexity index is 5600. The van der Waals surface area contributed by atoms with E-state index in [9.17, 15) is 21.0 Å². The van der Waals surface area contributed by atoms with E-state index in [0.29, 0.717) is 22.3 Å². The quantitative estimate of drug-likeness (QED) is 0.136. The van der Waals surface area contributed by atoms with E-state index in [-0.39, 0.29) is 43.6 Å². The number of aromatic nitrogens is 4. The van der Waals surface area contributed by atoms with Crippen molar-refractivity contribution >= 4 is 68.8 Å². The first-order valence-electron chi connectivity index (χ1n) is 38.0. The van der Waals surface area contributed by atoms with Gasteiger partial charge in [-0.05, 0) is 195 Å². The highest BCUT2D eigenvalue weighted by molar-refractivity contribution is 6.08. The van der Waals surface area contributed by atoms with Crippen LogP contribution in [0, 0.1) is 45.3 Å². The van der Waals surface area contributed by atoms with E-state index in [1.54, 1.807) is 12.1 Å². The molecule has 9 heteroatoms. The van der Waals surface area contributed by atoms with Crippen molar-refractivity contribution in [2.24, 2.45) is 0 Å². The summed E-state index contributed by atoms with van der Waals surface area (Å²) in [7, 11) is 0. The minimum absolute atomic E-state index is 0.00467. The van der Waals surface area contributed by atoms with Gasteiger partial charge in [-0.25, -0.2) is 9.97 Å². The van der Waals surface area contributed by atoms with Crippen molar-refractivity contribution in [2.45, 2.75) is 176 Å². The molecule has 0 aliphatic carbocycles. The Hall–Kier alpha value is -11.6. The molecule has 6 heterocycles. The number of aromatic amines is 2. The number of fused-ring (bicyclic) bond motifs is 8. The van der Waals surface area contributed by atoms with E-state index < -0.39 is 0 Å². The number of anilines is 1. The summed E-state index contributed by atoms with van der Waals surface area (Å²) in [4.78, 5) is 22.4. The first-order chi connectivity index (χ1) is 51.1. The molecule has 9 nitrogen and oxygen atoms in total. The Balaban J connectivity index is 0.974. The standard InChI is InChI=1S/C99H99N9/c1-94(2,3)73-48-68(49-74(54-73)95(4,5)6)91-82-38-36-80(104-82)90(67-30-24-61(25-31-67)63-44-46-108(47-45-63)79-34-32-66(33-35-79)88(65-28-26-62(27-29-65)71(57-100)58-101)89(72(59-102)60-103)64-22-20-19-21-23-64)81-37-39-83(105-81)92(69-50-75(96(7,8)9)55-76(51-69)97(10,11)12)85-41-43-87(107-85)93(86-42-40-84(91)106-86)70-52-77(98(13,14)15)56-78(53-70)99(16,17)18/h19-43,48-56,63,104,107H,44-47H2,1-18H3. The molecule has 1 saturated heterocycles. The fourth-order valence-corrected chi connectivity index (χ4v) is 15.1. The van der Waals surface area contributed by atoms with Crippen molar-refractivity contribution in [2.75, 3.05) is 18.0 Å². The minimum Gasteiger partial charge on any atom is -0.371 e. The van der Waals surface area contributed by atoms with Crippen molar-refractivity contribution in [3.05, 3.63) is 271 Å². The van der Waals surface area contributed by atoms with Crippen molar-refractivity contribution in [3.63, 3.8) is 0 Å². The smallest absolute Gasteiger partial charge is 0.138 e. The Labute approximate surface area is 639 Å². The molecule has 8 bridgehead atoms. The number of piperidine rings is 1. The summed E-state index contributed by atoms with van der Waals surface area (Å²) >= 11 is 0. The third-order valence-corrected chi connectivity index (χ3v) is 21.8. The molecule has 10 aromatic rings. The van der Waals surface area contributed by atoms with Gasteiger partial charge in [-0.3, -0.25) is 0 Å². The van der Waals surface area contributed by atoms with Crippen molar-refractivity contribution in [3.8, 4) is 68.8 Å². The maximum atomic E-state index is 10.4. The van der Waals surface area contributed by atoms with Crippen LogP contribution < -0.4 is 15.3 Å². The third-order valence-electron chi connectivity index (χ3n) is 21.8. The van der Waals surface area contributed by atoms with E-state index in [4.69, 9.17) is 9.97 Å². The zero-order valence-corrected chi connectivity index (χ0v) is 66.2. The highest BCUT2D eigenvalue weighted by Crippen LogP contribution is 2.45. The van der Waals surface area contributed by atoms with Gasteiger partial charge in [0.15, 0.2) is 0 Å². The monoisotopic (exact) mass is 1410 g/mol. The lowest BCUT2D eigenvalue weighted by atomic mass is 9.78. The van der Waals surface area contributed by atoms with Crippen LogP contribution in [0.4, 0.5) is 5.69 Å². The highest BCUT2D eigenvalue weighted by Gasteiger charge is 2.30. The van der Waals surface area contributed by atoms with Gasteiger partial charge in [0.05, 0.1) is 22.8 Å². The summed E-state index contributed by atoms with van der Waals surface area (Å²) in [6.07, 6.45) is 10.8. The molecule has 7 aromatic carbocycles. The van der Waals surface area contributed by atoms with Crippen LogP contribution in [0.3, 0.4) is 0 Å². The van der Waals surface area contributed by atoms with Gasteiger partial charge in [-0.15, -0.1) is 0 Å². The number of hydrogen-bond acceptors (Lipinski definition) is 7. The number of allylic oxidation sites excluding steroid dienone is 2. The van der Waals surface area contributed by atoms with Gasteiger partial charge in [0, 0.05) is 73.9 Å². The predicted molar refractivity (Wildman–Crippen MR) is 451 cm³/mol. The Morgan fingerprint density at radius 2 is 0.704 bits per heavy atom. The second kappa shape index (κ2) is 28.6. The molecule has 0 spiro atoms. The largest absolute Gasteiger partial charge is 0.371 e. The van der Waals surface area contributed by atoms with Crippen LogP contribution in [0.25, 0.3) is 108 Å². The second-order valence-electron chi connectivity index (χ2n) is 35.7. The maximum Gasteiger partial charge on any atom is 0.138 e. The molecule has 0 atom stereocenters. The van der Waals surface area contributed by atoms with E-state index in [0.717, 1.165) is 137 Å². The summed E-state index contributed by atoms with van der Waals surface area (Å²) < 4.78 is 0. The lowest BCUT2D eigenvalue weighted by Gasteiger charge is -2.34. The van der Waals surface area contributed by atoms with Crippen molar-refractivity contribution in [1.82, 2.24) is 19.9 Å². The number of benzene rings is 7. The molecular formula is C99H99N9. The Morgan fingerprint density at radius 1 is 0.361 bits per heavy atom. The highest BCUT2D eigenvalue weighted by atomic mass is 15.1. The third kappa shape index (κ3) is 15.2. The van der Waals surface area contributed by atoms with Gasteiger partial charge >= 0.3 is 0 Å². The summed E-state index contributed by atoms with van der Waals surface area (Å²) in [5, 5.41) is 41.4. The Morgan fingerprint density at radius 3 is 1.04 bits per heavy atom. The van der Waals surface area contributed by atoms with Gasteiger partial charge in [0.25, 0.3) is 0 Å².